The first-order valence-corrected chi connectivity index (χ1v) is 10.2. The minimum Gasteiger partial charge on any atom is -0.497 e. The maximum absolute atomic E-state index is 12.6. The van der Waals surface area contributed by atoms with Crippen LogP contribution < -0.4 is 9.47 Å². The summed E-state index contributed by atoms with van der Waals surface area (Å²) in [4.78, 5) is 27.9. The van der Waals surface area contributed by atoms with Crippen molar-refractivity contribution in [1.82, 2.24) is 0 Å². The number of thioether (sulfide) groups is 1. The molecule has 0 saturated heterocycles. The molecule has 3 aromatic rings. The van der Waals surface area contributed by atoms with E-state index < -0.39 is 5.92 Å². The van der Waals surface area contributed by atoms with Crippen LogP contribution in [0.25, 0.3) is 10.8 Å². The van der Waals surface area contributed by atoms with Crippen LogP contribution in [0.3, 0.4) is 0 Å². The first kappa shape index (κ1) is 19.2. The lowest BCUT2D eigenvalue weighted by molar-refractivity contribution is -0.135. The van der Waals surface area contributed by atoms with Crippen molar-refractivity contribution in [2.45, 2.75) is 12.8 Å². The zero-order chi connectivity index (χ0) is 20.4. The van der Waals surface area contributed by atoms with Crippen molar-refractivity contribution in [3.63, 3.8) is 0 Å². The number of carbonyl (C=O) groups excluding carboxylic acids is 2. The van der Waals surface area contributed by atoms with Crippen molar-refractivity contribution in [3.05, 3.63) is 71.8 Å². The predicted octanol–water partition coefficient (Wildman–Crippen LogP) is 4.58. The van der Waals surface area contributed by atoms with Crippen molar-refractivity contribution >= 4 is 39.5 Å². The molecule has 0 aliphatic carbocycles. The molecule has 0 saturated carbocycles. The van der Waals surface area contributed by atoms with Gasteiger partial charge in [-0.3, -0.25) is 9.59 Å². The van der Waals surface area contributed by atoms with Gasteiger partial charge in [0.25, 0.3) is 5.91 Å². The Hall–Kier alpha value is -3.12. The number of fused-ring (bicyclic) bond motifs is 1. The van der Waals surface area contributed by atoms with Gasteiger partial charge in [0, 0.05) is 5.56 Å². The first-order chi connectivity index (χ1) is 14.0. The van der Waals surface area contributed by atoms with E-state index in [1.807, 2.05) is 43.3 Å². The van der Waals surface area contributed by atoms with Gasteiger partial charge in [0.05, 0.1) is 18.8 Å². The Balaban J connectivity index is 1.47. The molecule has 1 atom stereocenters. The van der Waals surface area contributed by atoms with Gasteiger partial charge in [-0.25, -0.2) is 4.99 Å². The Bertz CT molecular complexity index is 1120. The molecule has 5 nitrogen and oxygen atoms in total. The summed E-state index contributed by atoms with van der Waals surface area (Å²) in [6.45, 7) is 1.83. The van der Waals surface area contributed by atoms with E-state index in [1.165, 1.54) is 11.8 Å². The lowest BCUT2D eigenvalue weighted by Gasteiger charge is -2.13. The normalized spacial score (nSPS) is 14.6. The molecule has 6 heteroatoms. The van der Waals surface area contributed by atoms with Crippen LogP contribution in [0.5, 0.6) is 11.5 Å². The van der Waals surface area contributed by atoms with Crippen molar-refractivity contribution in [3.8, 4) is 11.5 Å². The van der Waals surface area contributed by atoms with Crippen LogP contribution in [0, 0.1) is 0 Å². The molecule has 4 rings (SSSR count). The lowest BCUT2D eigenvalue weighted by Crippen LogP contribution is -2.16. The van der Waals surface area contributed by atoms with E-state index in [2.05, 4.69) is 4.99 Å². The number of hydrogen-bond acceptors (Lipinski definition) is 5. The smallest absolute Gasteiger partial charge is 0.318 e. The molecule has 0 unspecified atom stereocenters. The van der Waals surface area contributed by atoms with Crippen LogP contribution in [-0.2, 0) is 9.59 Å². The summed E-state index contributed by atoms with van der Waals surface area (Å²) in [7, 11) is 1.64. The molecule has 29 heavy (non-hydrogen) atoms. The Morgan fingerprint density at radius 3 is 2.38 bits per heavy atom. The number of amides is 1. The van der Waals surface area contributed by atoms with Crippen molar-refractivity contribution in [2.24, 2.45) is 4.99 Å². The van der Waals surface area contributed by atoms with E-state index in [4.69, 9.17) is 9.47 Å². The quantitative estimate of drug-likeness (QED) is 0.459. The number of aliphatic imine (C=N–C) groups is 1. The maximum Gasteiger partial charge on any atom is 0.318 e. The monoisotopic (exact) mass is 405 g/mol. The van der Waals surface area contributed by atoms with Crippen LogP contribution >= 0.6 is 11.8 Å². The molecule has 0 N–H and O–H groups in total. The Morgan fingerprint density at radius 2 is 1.69 bits per heavy atom. The summed E-state index contributed by atoms with van der Waals surface area (Å²) in [5, 5.41) is 2.79. The summed E-state index contributed by atoms with van der Waals surface area (Å²) >= 11 is 1.41. The Labute approximate surface area is 172 Å². The van der Waals surface area contributed by atoms with Crippen molar-refractivity contribution in [2.75, 3.05) is 12.9 Å². The van der Waals surface area contributed by atoms with E-state index in [0.29, 0.717) is 16.5 Å². The van der Waals surface area contributed by atoms with E-state index in [1.54, 1.807) is 31.4 Å². The van der Waals surface area contributed by atoms with Crippen LogP contribution in [0.1, 0.15) is 24.0 Å². The van der Waals surface area contributed by atoms with Gasteiger partial charge in [0.1, 0.15) is 16.5 Å². The fourth-order valence-electron chi connectivity index (χ4n) is 3.10. The largest absolute Gasteiger partial charge is 0.497 e. The number of methoxy groups -OCH3 is 1. The second kappa shape index (κ2) is 8.09. The van der Waals surface area contributed by atoms with Crippen LogP contribution in [-0.4, -0.2) is 29.8 Å². The highest BCUT2D eigenvalue weighted by Gasteiger charge is 2.19. The molecule has 0 fully saturated rings. The fraction of sp³-hybridized carbons (Fsp3) is 0.174. The fourth-order valence-corrected chi connectivity index (χ4v) is 3.89. The molecular formula is C23H19NO4S. The highest BCUT2D eigenvalue weighted by molar-refractivity contribution is 8.15. The second-order valence-electron chi connectivity index (χ2n) is 6.74. The van der Waals surface area contributed by atoms with Gasteiger partial charge in [-0.15, -0.1) is 0 Å². The van der Waals surface area contributed by atoms with E-state index in [-0.39, 0.29) is 11.9 Å². The standard InChI is InChI=1S/C23H19NO4S/c1-14(16-3-4-18-12-20(27-2)10-7-17(18)11-16)23(26)28-19-8-5-15(6-9-19)22-24-21(25)13-29-22/h3-12,14H,13H2,1-2H3/t14-/m0/s1. The summed E-state index contributed by atoms with van der Waals surface area (Å²) in [5.41, 5.74) is 1.73. The van der Waals surface area contributed by atoms with E-state index >= 15 is 0 Å². The van der Waals surface area contributed by atoms with Crippen LogP contribution in [0.2, 0.25) is 0 Å². The molecule has 0 aromatic heterocycles. The van der Waals surface area contributed by atoms with Gasteiger partial charge >= 0.3 is 5.97 Å². The summed E-state index contributed by atoms with van der Waals surface area (Å²) in [6.07, 6.45) is 0. The molecule has 0 spiro atoms. The lowest BCUT2D eigenvalue weighted by atomic mass is 9.98. The molecule has 3 aromatic carbocycles. The molecule has 0 bridgehead atoms. The topological polar surface area (TPSA) is 65.0 Å². The number of ether oxygens (including phenoxy) is 2. The highest BCUT2D eigenvalue weighted by Crippen LogP contribution is 2.27. The zero-order valence-corrected chi connectivity index (χ0v) is 16.9. The van der Waals surface area contributed by atoms with Crippen LogP contribution in [0.4, 0.5) is 0 Å². The minimum absolute atomic E-state index is 0.122. The molecule has 1 aliphatic heterocycles. The molecular weight excluding hydrogens is 386 g/mol. The zero-order valence-electron chi connectivity index (χ0n) is 16.0. The van der Waals surface area contributed by atoms with Crippen LogP contribution in [0.15, 0.2) is 65.7 Å². The number of carbonyl (C=O) groups is 2. The molecule has 146 valence electrons. The first-order valence-electron chi connectivity index (χ1n) is 9.17. The summed E-state index contributed by atoms with van der Waals surface area (Å²) < 4.78 is 10.8. The van der Waals surface area contributed by atoms with Crippen molar-refractivity contribution < 1.29 is 19.1 Å². The minimum atomic E-state index is -0.409. The number of esters is 1. The van der Waals surface area contributed by atoms with E-state index in [9.17, 15) is 9.59 Å². The van der Waals surface area contributed by atoms with E-state index in [0.717, 1.165) is 27.6 Å². The van der Waals surface area contributed by atoms with Gasteiger partial charge in [0.2, 0.25) is 0 Å². The van der Waals surface area contributed by atoms with Gasteiger partial charge in [-0.05, 0) is 59.7 Å². The molecule has 1 aliphatic rings. The molecule has 0 radical (unpaired) electrons. The average Bonchev–Trinajstić information content (AvgIpc) is 3.19. The Kier molecular flexibility index (Phi) is 5.36. The molecule has 1 amide bonds. The van der Waals surface area contributed by atoms with Gasteiger partial charge in [-0.2, -0.15) is 0 Å². The highest BCUT2D eigenvalue weighted by atomic mass is 32.2. The van der Waals surface area contributed by atoms with Gasteiger partial charge in [-0.1, -0.05) is 36.0 Å². The third kappa shape index (κ3) is 4.17. The maximum atomic E-state index is 12.6. The summed E-state index contributed by atoms with van der Waals surface area (Å²) in [5.74, 6) is 0.783. The predicted molar refractivity (Wildman–Crippen MR) is 115 cm³/mol. The third-order valence-electron chi connectivity index (χ3n) is 4.80. The number of benzene rings is 3. The Morgan fingerprint density at radius 1 is 1.00 bits per heavy atom. The number of rotatable bonds is 5. The number of hydrogen-bond donors (Lipinski definition) is 0. The van der Waals surface area contributed by atoms with Gasteiger partial charge < -0.3 is 9.47 Å². The molecule has 1 heterocycles. The van der Waals surface area contributed by atoms with Gasteiger partial charge in [0.15, 0.2) is 0 Å². The average molecular weight is 405 g/mol. The third-order valence-corrected chi connectivity index (χ3v) is 5.80. The van der Waals surface area contributed by atoms with Crippen molar-refractivity contribution in [1.29, 1.82) is 0 Å². The summed E-state index contributed by atoms with van der Waals surface area (Å²) in [6, 6.07) is 18.8. The second-order valence-corrected chi connectivity index (χ2v) is 7.70. The SMILES string of the molecule is COc1ccc2cc([C@H](C)C(=O)Oc3ccc(C4=NC(=O)CS4)cc3)ccc2c1. The number of nitrogens with zero attached hydrogens (tertiary/aromatic N) is 1.